The average molecular weight is 407 g/mol. The molecule has 28 heavy (non-hydrogen) atoms. The number of halogens is 3. The molecule has 1 heterocycles. The molecule has 1 N–H and O–H groups in total. The molecule has 0 saturated heterocycles. The average Bonchev–Trinajstić information content (AvgIpc) is 2.60. The van der Waals surface area contributed by atoms with E-state index >= 15 is 0 Å². The van der Waals surface area contributed by atoms with Crippen molar-refractivity contribution in [3.8, 4) is 0 Å². The molecule has 4 nitrogen and oxygen atoms in total. The van der Waals surface area contributed by atoms with Crippen LogP contribution < -0.4 is 10.6 Å². The van der Waals surface area contributed by atoms with Crippen molar-refractivity contribution in [1.82, 2.24) is 9.97 Å². The Hall–Kier alpha value is -2.40. The molecule has 0 saturated carbocycles. The highest BCUT2D eigenvalue weighted by Crippen LogP contribution is 2.36. The molecular weight excluding hydrogens is 386 g/mol. The van der Waals surface area contributed by atoms with Gasteiger partial charge in [0.15, 0.2) is 0 Å². The second-order valence-corrected chi connectivity index (χ2v) is 10.3. The first-order chi connectivity index (χ1) is 13.1. The van der Waals surface area contributed by atoms with Crippen LogP contribution in [0, 0.1) is 12.7 Å². The van der Waals surface area contributed by atoms with Crippen LogP contribution in [0.15, 0.2) is 36.4 Å². The molecule has 0 spiro atoms. The maximum absolute atomic E-state index is 14.5. The van der Waals surface area contributed by atoms with Gasteiger partial charge in [-0.15, -0.1) is 0 Å². The van der Waals surface area contributed by atoms with E-state index in [0.717, 1.165) is 6.07 Å². The Morgan fingerprint density at radius 2 is 1.75 bits per heavy atom. The van der Waals surface area contributed by atoms with Crippen LogP contribution in [-0.2, 0) is 4.57 Å². The van der Waals surface area contributed by atoms with Gasteiger partial charge in [-0.05, 0) is 45.4 Å². The molecule has 8 heteroatoms. The van der Waals surface area contributed by atoms with Gasteiger partial charge in [0, 0.05) is 16.3 Å². The third-order valence-electron chi connectivity index (χ3n) is 4.53. The Morgan fingerprint density at radius 3 is 2.39 bits per heavy atom. The normalized spacial score (nSPS) is 13.1. The minimum atomic E-state index is -2.89. The highest BCUT2D eigenvalue weighted by Gasteiger charge is 2.21. The highest BCUT2D eigenvalue weighted by molar-refractivity contribution is 7.70. The molecule has 0 bridgehead atoms. The summed E-state index contributed by atoms with van der Waals surface area (Å²) in [5.41, 5.74) is 0.145. The van der Waals surface area contributed by atoms with Gasteiger partial charge < -0.3 is 9.88 Å². The number of nitrogens with zero attached hydrogens (tertiary/aromatic N) is 2. The maximum Gasteiger partial charge on any atom is 0.266 e. The lowest BCUT2D eigenvalue weighted by Gasteiger charge is -2.19. The number of anilines is 1. The third kappa shape index (κ3) is 4.04. The molecule has 0 aliphatic carbocycles. The number of alkyl halides is 2. The van der Waals surface area contributed by atoms with Crippen LogP contribution in [0.4, 0.5) is 19.0 Å². The maximum atomic E-state index is 14.5. The number of aryl methyl sites for hydroxylation is 1. The fraction of sp³-hybridized carbons (Fsp3) is 0.300. The summed E-state index contributed by atoms with van der Waals surface area (Å²) in [5.74, 6) is 0.0139. The lowest BCUT2D eigenvalue weighted by Crippen LogP contribution is -2.13. The monoisotopic (exact) mass is 407 g/mol. The van der Waals surface area contributed by atoms with E-state index < -0.39 is 31.0 Å². The Labute approximate surface area is 161 Å². The van der Waals surface area contributed by atoms with Gasteiger partial charge in [0.2, 0.25) is 0 Å². The van der Waals surface area contributed by atoms with Crippen LogP contribution in [0.3, 0.4) is 0 Å². The zero-order valence-corrected chi connectivity index (χ0v) is 16.9. The summed E-state index contributed by atoms with van der Waals surface area (Å²) in [6.07, 6.45) is -2.89. The smallest absolute Gasteiger partial charge is 0.266 e. The first-order valence-electron chi connectivity index (χ1n) is 8.75. The quantitative estimate of drug-likeness (QED) is 0.573. The standard InChI is InChI=1S/C20H21F3N3OP/c1-11(14-6-5-7-15(18(14)21)19(22)23)24-20-16-10-13(28(3,4)27)8-9-17(16)25-12(2)26-20/h5-11,19H,1-4H3,(H,24,25,26)/t11-/m1/s1. The van der Waals surface area contributed by atoms with Crippen molar-refractivity contribution >= 4 is 29.2 Å². The topological polar surface area (TPSA) is 54.9 Å². The largest absolute Gasteiger partial charge is 0.363 e. The highest BCUT2D eigenvalue weighted by atomic mass is 31.2. The van der Waals surface area contributed by atoms with Crippen molar-refractivity contribution in [3.63, 3.8) is 0 Å². The van der Waals surface area contributed by atoms with Crippen LogP contribution in [0.25, 0.3) is 10.9 Å². The van der Waals surface area contributed by atoms with E-state index in [2.05, 4.69) is 15.3 Å². The van der Waals surface area contributed by atoms with Crippen LogP contribution >= 0.6 is 7.14 Å². The summed E-state index contributed by atoms with van der Waals surface area (Å²) in [6, 6.07) is 8.64. The Balaban J connectivity index is 2.06. The molecule has 0 unspecified atom stereocenters. The zero-order valence-electron chi connectivity index (χ0n) is 16.0. The third-order valence-corrected chi connectivity index (χ3v) is 6.05. The first-order valence-corrected chi connectivity index (χ1v) is 11.3. The molecule has 0 aliphatic heterocycles. The van der Waals surface area contributed by atoms with Crippen molar-refractivity contribution in [3.05, 3.63) is 59.2 Å². The van der Waals surface area contributed by atoms with Gasteiger partial charge in [-0.1, -0.05) is 18.2 Å². The Kier molecular flexibility index (Phi) is 5.48. The van der Waals surface area contributed by atoms with Gasteiger partial charge in [-0.25, -0.2) is 23.1 Å². The lowest BCUT2D eigenvalue weighted by atomic mass is 10.0. The van der Waals surface area contributed by atoms with Gasteiger partial charge >= 0.3 is 0 Å². The van der Waals surface area contributed by atoms with Crippen LogP contribution in [-0.4, -0.2) is 23.3 Å². The predicted molar refractivity (Wildman–Crippen MR) is 107 cm³/mol. The predicted octanol–water partition coefficient (Wildman–Crippen LogP) is 5.44. The first kappa shape index (κ1) is 20.3. The number of aromatic nitrogens is 2. The van der Waals surface area contributed by atoms with E-state index in [-0.39, 0.29) is 5.56 Å². The molecule has 1 atom stereocenters. The molecule has 2 aromatic carbocycles. The molecule has 0 radical (unpaired) electrons. The van der Waals surface area contributed by atoms with Gasteiger partial charge in [-0.2, -0.15) is 0 Å². The van der Waals surface area contributed by atoms with Crippen molar-refractivity contribution < 1.29 is 17.7 Å². The van der Waals surface area contributed by atoms with Crippen LogP contribution in [0.2, 0.25) is 0 Å². The van der Waals surface area contributed by atoms with Gasteiger partial charge in [-0.3, -0.25) is 0 Å². The van der Waals surface area contributed by atoms with E-state index in [9.17, 15) is 17.7 Å². The summed E-state index contributed by atoms with van der Waals surface area (Å²) in [7, 11) is -2.50. The Morgan fingerprint density at radius 1 is 1.07 bits per heavy atom. The minimum absolute atomic E-state index is 0.120. The van der Waals surface area contributed by atoms with Gasteiger partial charge in [0.25, 0.3) is 6.43 Å². The van der Waals surface area contributed by atoms with E-state index in [4.69, 9.17) is 0 Å². The second-order valence-electron chi connectivity index (χ2n) is 7.09. The molecule has 0 aliphatic rings. The summed E-state index contributed by atoms with van der Waals surface area (Å²) < 4.78 is 53.0. The number of fused-ring (bicyclic) bond motifs is 1. The minimum Gasteiger partial charge on any atom is -0.363 e. The molecule has 148 valence electrons. The number of hydrogen-bond donors (Lipinski definition) is 1. The van der Waals surface area contributed by atoms with Crippen molar-refractivity contribution in [1.29, 1.82) is 0 Å². The fourth-order valence-electron chi connectivity index (χ4n) is 3.03. The summed E-state index contributed by atoms with van der Waals surface area (Å²) >= 11 is 0. The number of rotatable bonds is 5. The van der Waals surface area contributed by atoms with Gasteiger partial charge in [0.1, 0.15) is 24.6 Å². The SMILES string of the molecule is Cc1nc(N[C@H](C)c2cccc(C(F)F)c2F)c2cc(P(C)(C)=O)ccc2n1. The number of hydrogen-bond acceptors (Lipinski definition) is 4. The molecule has 0 amide bonds. The van der Waals surface area contributed by atoms with E-state index in [1.54, 1.807) is 45.4 Å². The molecular formula is C20H21F3N3OP. The van der Waals surface area contributed by atoms with Crippen LogP contribution in [0.1, 0.15) is 36.3 Å². The zero-order chi connectivity index (χ0) is 20.6. The van der Waals surface area contributed by atoms with Crippen molar-refractivity contribution in [2.75, 3.05) is 18.6 Å². The summed E-state index contributed by atoms with van der Waals surface area (Å²) in [4.78, 5) is 8.77. The molecule has 3 rings (SSSR count). The van der Waals surface area contributed by atoms with E-state index in [0.29, 0.717) is 27.8 Å². The molecule has 0 fully saturated rings. The second kappa shape index (κ2) is 7.55. The molecule has 3 aromatic rings. The van der Waals surface area contributed by atoms with E-state index in [1.165, 1.54) is 12.1 Å². The number of nitrogens with one attached hydrogen (secondary N) is 1. The van der Waals surface area contributed by atoms with Crippen molar-refractivity contribution in [2.24, 2.45) is 0 Å². The number of benzene rings is 2. The Bertz CT molecular complexity index is 1080. The van der Waals surface area contributed by atoms with Crippen LogP contribution in [0.5, 0.6) is 0 Å². The van der Waals surface area contributed by atoms with Gasteiger partial charge in [0.05, 0.1) is 17.1 Å². The van der Waals surface area contributed by atoms with Crippen molar-refractivity contribution in [2.45, 2.75) is 26.3 Å². The summed E-state index contributed by atoms with van der Waals surface area (Å²) in [5, 5.41) is 4.42. The summed E-state index contributed by atoms with van der Waals surface area (Å²) in [6.45, 7) is 6.74. The van der Waals surface area contributed by atoms with E-state index in [1.807, 2.05) is 0 Å². The lowest BCUT2D eigenvalue weighted by molar-refractivity contribution is 0.146. The fourth-order valence-corrected chi connectivity index (χ4v) is 3.91. The molecule has 1 aromatic heterocycles.